The highest BCUT2D eigenvalue weighted by molar-refractivity contribution is 5.79. The summed E-state index contributed by atoms with van der Waals surface area (Å²) in [6, 6.07) is 12.1. The summed E-state index contributed by atoms with van der Waals surface area (Å²) in [5.41, 5.74) is 1.94. The van der Waals surface area contributed by atoms with Crippen molar-refractivity contribution >= 4 is 5.96 Å². The standard InChI is InChI=1S/C17H21FN4O/c1-19-17(20-11-10-13-6-8-14(18)9-7-13)21-12-15-4-3-5-16(22-15)23-2/h3-9H,10-12H2,1-2H3,(H2,19,20,21). The van der Waals surface area contributed by atoms with Gasteiger partial charge in [0.2, 0.25) is 5.88 Å². The molecule has 0 aliphatic heterocycles. The molecule has 2 N–H and O–H groups in total. The summed E-state index contributed by atoms with van der Waals surface area (Å²) in [4.78, 5) is 8.50. The molecule has 0 amide bonds. The normalized spacial score (nSPS) is 11.2. The van der Waals surface area contributed by atoms with Gasteiger partial charge >= 0.3 is 0 Å². The lowest BCUT2D eigenvalue weighted by Crippen LogP contribution is -2.38. The predicted molar refractivity (Wildman–Crippen MR) is 89.1 cm³/mol. The molecule has 0 spiro atoms. The molecular formula is C17H21FN4O. The minimum absolute atomic E-state index is 0.218. The number of hydrogen-bond acceptors (Lipinski definition) is 3. The van der Waals surface area contributed by atoms with Crippen LogP contribution in [0.5, 0.6) is 5.88 Å². The number of nitrogens with zero attached hydrogens (tertiary/aromatic N) is 2. The Bertz CT molecular complexity index is 643. The lowest BCUT2D eigenvalue weighted by molar-refractivity contribution is 0.396. The molecule has 2 aromatic rings. The highest BCUT2D eigenvalue weighted by Crippen LogP contribution is 2.06. The second-order valence-corrected chi connectivity index (χ2v) is 4.90. The Morgan fingerprint density at radius 2 is 1.96 bits per heavy atom. The predicted octanol–water partition coefficient (Wildman–Crippen LogP) is 2.14. The van der Waals surface area contributed by atoms with Gasteiger partial charge in [0.1, 0.15) is 5.82 Å². The number of halogens is 1. The molecule has 1 aromatic carbocycles. The third kappa shape index (κ3) is 5.58. The summed E-state index contributed by atoms with van der Waals surface area (Å²) in [6.45, 7) is 1.25. The Kier molecular flexibility index (Phi) is 6.35. The van der Waals surface area contributed by atoms with Gasteiger partial charge in [-0.3, -0.25) is 4.99 Å². The van der Waals surface area contributed by atoms with E-state index in [4.69, 9.17) is 4.74 Å². The second-order valence-electron chi connectivity index (χ2n) is 4.90. The van der Waals surface area contributed by atoms with Crippen molar-refractivity contribution in [3.05, 3.63) is 59.5 Å². The quantitative estimate of drug-likeness (QED) is 0.633. The Balaban J connectivity index is 1.78. The number of nitrogens with one attached hydrogen (secondary N) is 2. The van der Waals surface area contributed by atoms with E-state index < -0.39 is 0 Å². The van der Waals surface area contributed by atoms with E-state index in [1.807, 2.05) is 12.1 Å². The minimum atomic E-state index is -0.218. The van der Waals surface area contributed by atoms with Crippen molar-refractivity contribution in [3.63, 3.8) is 0 Å². The van der Waals surface area contributed by atoms with Crippen LogP contribution >= 0.6 is 0 Å². The number of methoxy groups -OCH3 is 1. The summed E-state index contributed by atoms with van der Waals surface area (Å²) in [6.07, 6.45) is 0.790. The fourth-order valence-electron chi connectivity index (χ4n) is 2.04. The number of guanidine groups is 1. The summed E-state index contributed by atoms with van der Waals surface area (Å²) in [5, 5.41) is 6.41. The molecule has 0 unspecified atom stereocenters. The zero-order valence-electron chi connectivity index (χ0n) is 13.3. The van der Waals surface area contributed by atoms with Gasteiger partial charge in [-0.05, 0) is 30.2 Å². The maximum Gasteiger partial charge on any atom is 0.213 e. The van der Waals surface area contributed by atoms with Crippen LogP contribution in [0.1, 0.15) is 11.3 Å². The maximum absolute atomic E-state index is 12.8. The van der Waals surface area contributed by atoms with Crippen LogP contribution < -0.4 is 15.4 Å². The number of aliphatic imine (C=N–C) groups is 1. The average molecular weight is 316 g/mol. The molecule has 2 rings (SSSR count). The average Bonchev–Trinajstić information content (AvgIpc) is 2.59. The molecule has 1 heterocycles. The number of ether oxygens (including phenoxy) is 1. The van der Waals surface area contributed by atoms with Gasteiger partial charge in [0.05, 0.1) is 19.3 Å². The van der Waals surface area contributed by atoms with E-state index in [-0.39, 0.29) is 5.82 Å². The van der Waals surface area contributed by atoms with E-state index in [2.05, 4.69) is 20.6 Å². The molecule has 1 aromatic heterocycles. The molecule has 5 nitrogen and oxygen atoms in total. The number of hydrogen-bond donors (Lipinski definition) is 2. The zero-order chi connectivity index (χ0) is 16.5. The molecule has 0 saturated carbocycles. The largest absolute Gasteiger partial charge is 0.481 e. The molecule has 0 aliphatic rings. The molecule has 122 valence electrons. The van der Waals surface area contributed by atoms with Crippen LogP contribution in [0.15, 0.2) is 47.5 Å². The topological polar surface area (TPSA) is 58.5 Å². The summed E-state index contributed by atoms with van der Waals surface area (Å²) in [7, 11) is 3.31. The first-order chi connectivity index (χ1) is 11.2. The van der Waals surface area contributed by atoms with Gasteiger partial charge in [-0.25, -0.2) is 9.37 Å². The van der Waals surface area contributed by atoms with E-state index in [0.29, 0.717) is 24.9 Å². The van der Waals surface area contributed by atoms with Crippen LogP contribution in [0.3, 0.4) is 0 Å². The summed E-state index contributed by atoms with van der Waals surface area (Å²) >= 11 is 0. The molecule has 0 aliphatic carbocycles. The van der Waals surface area contributed by atoms with Gasteiger partial charge in [-0.2, -0.15) is 0 Å². The second kappa shape index (κ2) is 8.73. The molecule has 0 radical (unpaired) electrons. The van der Waals surface area contributed by atoms with Crippen molar-refractivity contribution in [2.75, 3.05) is 20.7 Å². The van der Waals surface area contributed by atoms with Crippen LogP contribution in [0.4, 0.5) is 4.39 Å². The van der Waals surface area contributed by atoms with Crippen molar-refractivity contribution in [3.8, 4) is 5.88 Å². The van der Waals surface area contributed by atoms with Crippen LogP contribution in [0.25, 0.3) is 0 Å². The summed E-state index contributed by atoms with van der Waals surface area (Å²) < 4.78 is 17.9. The van der Waals surface area contributed by atoms with Gasteiger partial charge < -0.3 is 15.4 Å². The van der Waals surface area contributed by atoms with Crippen molar-refractivity contribution < 1.29 is 9.13 Å². The Morgan fingerprint density at radius 3 is 2.65 bits per heavy atom. The van der Waals surface area contributed by atoms with Gasteiger partial charge in [-0.15, -0.1) is 0 Å². The van der Waals surface area contributed by atoms with Crippen LogP contribution in [0, 0.1) is 5.82 Å². The number of aromatic nitrogens is 1. The van der Waals surface area contributed by atoms with Crippen LogP contribution in [-0.4, -0.2) is 31.6 Å². The molecule has 6 heteroatoms. The van der Waals surface area contributed by atoms with E-state index in [1.165, 1.54) is 12.1 Å². The minimum Gasteiger partial charge on any atom is -0.481 e. The van der Waals surface area contributed by atoms with Gasteiger partial charge in [0.25, 0.3) is 0 Å². The number of pyridine rings is 1. The lowest BCUT2D eigenvalue weighted by Gasteiger charge is -2.12. The van der Waals surface area contributed by atoms with E-state index in [9.17, 15) is 4.39 Å². The highest BCUT2D eigenvalue weighted by atomic mass is 19.1. The first-order valence-electron chi connectivity index (χ1n) is 7.40. The zero-order valence-corrected chi connectivity index (χ0v) is 13.3. The monoisotopic (exact) mass is 316 g/mol. The van der Waals surface area contributed by atoms with Crippen molar-refractivity contribution in [1.82, 2.24) is 15.6 Å². The fourth-order valence-corrected chi connectivity index (χ4v) is 2.04. The SMILES string of the molecule is CN=C(NCCc1ccc(F)cc1)NCc1cccc(OC)n1. The smallest absolute Gasteiger partial charge is 0.213 e. The van der Waals surface area contributed by atoms with E-state index in [1.54, 1.807) is 32.4 Å². The van der Waals surface area contributed by atoms with Gasteiger partial charge in [0, 0.05) is 19.7 Å². The fraction of sp³-hybridized carbons (Fsp3) is 0.294. The number of benzene rings is 1. The van der Waals surface area contributed by atoms with Crippen molar-refractivity contribution in [2.24, 2.45) is 4.99 Å². The summed E-state index contributed by atoms with van der Waals surface area (Å²) in [5.74, 6) is 1.06. The van der Waals surface area contributed by atoms with Crippen molar-refractivity contribution in [2.45, 2.75) is 13.0 Å². The van der Waals surface area contributed by atoms with E-state index >= 15 is 0 Å². The van der Waals surface area contributed by atoms with Crippen LogP contribution in [-0.2, 0) is 13.0 Å². The molecular weight excluding hydrogens is 295 g/mol. The third-order valence-electron chi connectivity index (χ3n) is 3.27. The van der Waals surface area contributed by atoms with Crippen molar-refractivity contribution in [1.29, 1.82) is 0 Å². The first-order valence-corrected chi connectivity index (χ1v) is 7.40. The highest BCUT2D eigenvalue weighted by Gasteiger charge is 2.01. The van der Waals surface area contributed by atoms with Crippen LogP contribution in [0.2, 0.25) is 0 Å². The van der Waals surface area contributed by atoms with Gasteiger partial charge in [-0.1, -0.05) is 18.2 Å². The van der Waals surface area contributed by atoms with E-state index in [0.717, 1.165) is 17.7 Å². The molecule has 0 fully saturated rings. The Morgan fingerprint density at radius 1 is 1.17 bits per heavy atom. The molecule has 0 atom stereocenters. The Labute approximate surface area is 135 Å². The number of rotatable bonds is 6. The third-order valence-corrected chi connectivity index (χ3v) is 3.27. The molecule has 23 heavy (non-hydrogen) atoms. The lowest BCUT2D eigenvalue weighted by atomic mass is 10.1. The Hall–Kier alpha value is -2.63. The molecule has 0 saturated heterocycles. The molecule has 0 bridgehead atoms. The first kappa shape index (κ1) is 16.7. The maximum atomic E-state index is 12.8. The van der Waals surface area contributed by atoms with Gasteiger partial charge in [0.15, 0.2) is 5.96 Å².